The second-order valence-electron chi connectivity index (χ2n) is 4.65. The fourth-order valence-corrected chi connectivity index (χ4v) is 2.04. The standard InChI is InChI=1S/C14H14F2N2O2/c1-18-8-9(7-14(18)20)17-13(19)6-5-10-11(15)3-2-4-12(10)16/h2-6,9H,7-8H2,1H3,(H,17,19)/b6-5+/t9-/m0/s1. The number of amides is 2. The average Bonchev–Trinajstić information content (AvgIpc) is 2.67. The molecule has 1 aromatic rings. The Kier molecular flexibility index (Phi) is 4.12. The number of hydrogen-bond donors (Lipinski definition) is 1. The second-order valence-corrected chi connectivity index (χ2v) is 4.65. The largest absolute Gasteiger partial charge is 0.348 e. The zero-order valence-electron chi connectivity index (χ0n) is 10.9. The van der Waals surface area contributed by atoms with Gasteiger partial charge in [0.05, 0.1) is 6.04 Å². The molecular formula is C14H14F2N2O2. The zero-order valence-corrected chi connectivity index (χ0v) is 10.9. The molecule has 0 aromatic heterocycles. The fourth-order valence-electron chi connectivity index (χ4n) is 2.04. The lowest BCUT2D eigenvalue weighted by Crippen LogP contribution is -2.35. The number of rotatable bonds is 3. The smallest absolute Gasteiger partial charge is 0.244 e. The first-order valence-corrected chi connectivity index (χ1v) is 6.14. The SMILES string of the molecule is CN1C[C@@H](NC(=O)/C=C/c2c(F)cccc2F)CC1=O. The Morgan fingerprint density at radius 2 is 2.05 bits per heavy atom. The van der Waals surface area contributed by atoms with Crippen molar-refractivity contribution < 1.29 is 18.4 Å². The van der Waals surface area contributed by atoms with Crippen LogP contribution in [-0.4, -0.2) is 36.3 Å². The van der Waals surface area contributed by atoms with Crippen molar-refractivity contribution in [2.45, 2.75) is 12.5 Å². The van der Waals surface area contributed by atoms with Crippen LogP contribution in [0.25, 0.3) is 6.08 Å². The highest BCUT2D eigenvalue weighted by Crippen LogP contribution is 2.13. The summed E-state index contributed by atoms with van der Waals surface area (Å²) in [6, 6.07) is 3.22. The highest BCUT2D eigenvalue weighted by Gasteiger charge is 2.27. The van der Waals surface area contributed by atoms with Gasteiger partial charge in [-0.05, 0) is 18.2 Å². The molecule has 1 N–H and O–H groups in total. The minimum atomic E-state index is -0.732. The minimum absolute atomic E-state index is 0.0422. The molecule has 1 fully saturated rings. The lowest BCUT2D eigenvalue weighted by Gasteiger charge is -2.10. The predicted octanol–water partition coefficient (Wildman–Crippen LogP) is 1.32. The van der Waals surface area contributed by atoms with Gasteiger partial charge in [0, 0.05) is 31.7 Å². The molecule has 0 spiro atoms. The Morgan fingerprint density at radius 3 is 2.60 bits per heavy atom. The van der Waals surface area contributed by atoms with E-state index in [4.69, 9.17) is 0 Å². The number of nitrogens with one attached hydrogen (secondary N) is 1. The van der Waals surface area contributed by atoms with Crippen molar-refractivity contribution in [3.8, 4) is 0 Å². The van der Waals surface area contributed by atoms with Crippen LogP contribution in [-0.2, 0) is 9.59 Å². The van der Waals surface area contributed by atoms with Crippen LogP contribution in [0, 0.1) is 11.6 Å². The Balaban J connectivity index is 1.98. The summed E-state index contributed by atoms with van der Waals surface area (Å²) in [5, 5.41) is 2.62. The molecule has 0 unspecified atom stereocenters. The van der Waals surface area contributed by atoms with Crippen LogP contribution in [0.5, 0.6) is 0 Å². The molecular weight excluding hydrogens is 266 g/mol. The lowest BCUT2D eigenvalue weighted by atomic mass is 10.2. The van der Waals surface area contributed by atoms with Gasteiger partial charge in [-0.25, -0.2) is 8.78 Å². The molecule has 2 rings (SSSR count). The third-order valence-electron chi connectivity index (χ3n) is 3.09. The molecule has 4 nitrogen and oxygen atoms in total. The maximum absolute atomic E-state index is 13.3. The van der Waals surface area contributed by atoms with Gasteiger partial charge in [-0.15, -0.1) is 0 Å². The van der Waals surface area contributed by atoms with Crippen LogP contribution in [0.15, 0.2) is 24.3 Å². The zero-order chi connectivity index (χ0) is 14.7. The molecule has 1 aliphatic heterocycles. The topological polar surface area (TPSA) is 49.4 Å². The lowest BCUT2D eigenvalue weighted by molar-refractivity contribution is -0.126. The van der Waals surface area contributed by atoms with E-state index in [1.165, 1.54) is 11.0 Å². The van der Waals surface area contributed by atoms with Gasteiger partial charge in [0.15, 0.2) is 0 Å². The van der Waals surface area contributed by atoms with Crippen LogP contribution < -0.4 is 5.32 Å². The molecule has 1 heterocycles. The van der Waals surface area contributed by atoms with E-state index in [-0.39, 0.29) is 23.9 Å². The molecule has 106 valence electrons. The van der Waals surface area contributed by atoms with Crippen molar-refractivity contribution in [1.82, 2.24) is 10.2 Å². The van der Waals surface area contributed by atoms with Crippen molar-refractivity contribution >= 4 is 17.9 Å². The summed E-state index contributed by atoms with van der Waals surface area (Å²) in [6.07, 6.45) is 2.38. The summed E-state index contributed by atoms with van der Waals surface area (Å²) in [6.45, 7) is 0.437. The second kappa shape index (κ2) is 5.81. The van der Waals surface area contributed by atoms with E-state index < -0.39 is 17.5 Å². The van der Waals surface area contributed by atoms with Gasteiger partial charge < -0.3 is 10.2 Å². The Morgan fingerprint density at radius 1 is 1.40 bits per heavy atom. The first-order chi connectivity index (χ1) is 9.47. The molecule has 0 saturated carbocycles. The number of likely N-dealkylation sites (tertiary alicyclic amines) is 1. The summed E-state index contributed by atoms with van der Waals surface area (Å²) in [5.41, 5.74) is -0.262. The van der Waals surface area contributed by atoms with E-state index in [2.05, 4.69) is 5.32 Å². The number of benzene rings is 1. The highest BCUT2D eigenvalue weighted by molar-refractivity contribution is 5.92. The van der Waals surface area contributed by atoms with Crippen molar-refractivity contribution in [2.24, 2.45) is 0 Å². The molecule has 1 saturated heterocycles. The first kappa shape index (κ1) is 14.2. The van der Waals surface area contributed by atoms with E-state index in [1.54, 1.807) is 7.05 Å². The molecule has 1 aliphatic rings. The molecule has 1 aromatic carbocycles. The molecule has 6 heteroatoms. The van der Waals surface area contributed by atoms with Crippen molar-refractivity contribution in [3.63, 3.8) is 0 Å². The molecule has 20 heavy (non-hydrogen) atoms. The Hall–Kier alpha value is -2.24. The maximum atomic E-state index is 13.3. The summed E-state index contributed by atoms with van der Waals surface area (Å²) >= 11 is 0. The molecule has 0 bridgehead atoms. The van der Waals surface area contributed by atoms with Crippen LogP contribution in [0.1, 0.15) is 12.0 Å². The summed E-state index contributed by atoms with van der Waals surface area (Å²) in [4.78, 5) is 24.4. The van der Waals surface area contributed by atoms with E-state index in [1.807, 2.05) is 0 Å². The van der Waals surface area contributed by atoms with Crippen molar-refractivity contribution in [3.05, 3.63) is 41.5 Å². The molecule has 0 radical (unpaired) electrons. The van der Waals surface area contributed by atoms with Crippen molar-refractivity contribution in [2.75, 3.05) is 13.6 Å². The van der Waals surface area contributed by atoms with Gasteiger partial charge in [0.2, 0.25) is 11.8 Å². The van der Waals surface area contributed by atoms with Gasteiger partial charge in [-0.2, -0.15) is 0 Å². The van der Waals surface area contributed by atoms with E-state index in [0.29, 0.717) is 6.54 Å². The number of carbonyl (C=O) groups is 2. The maximum Gasteiger partial charge on any atom is 0.244 e. The van der Waals surface area contributed by atoms with Crippen LogP contribution in [0.4, 0.5) is 8.78 Å². The Labute approximate surface area is 115 Å². The highest BCUT2D eigenvalue weighted by atomic mass is 19.1. The summed E-state index contributed by atoms with van der Waals surface area (Å²) < 4.78 is 26.7. The average molecular weight is 280 g/mol. The van der Waals surface area contributed by atoms with E-state index in [9.17, 15) is 18.4 Å². The Bertz CT molecular complexity index is 552. The molecule has 0 aliphatic carbocycles. The van der Waals surface area contributed by atoms with Crippen molar-refractivity contribution in [1.29, 1.82) is 0 Å². The van der Waals surface area contributed by atoms with E-state index >= 15 is 0 Å². The number of halogens is 2. The van der Waals surface area contributed by atoms with Gasteiger partial charge >= 0.3 is 0 Å². The number of carbonyl (C=O) groups excluding carboxylic acids is 2. The van der Waals surface area contributed by atoms with Gasteiger partial charge in [-0.1, -0.05) is 6.07 Å². The third-order valence-corrected chi connectivity index (χ3v) is 3.09. The van der Waals surface area contributed by atoms with Gasteiger partial charge in [-0.3, -0.25) is 9.59 Å². The van der Waals surface area contributed by atoms with Crippen LogP contribution in [0.3, 0.4) is 0 Å². The fraction of sp³-hybridized carbons (Fsp3) is 0.286. The van der Waals surface area contributed by atoms with Gasteiger partial charge in [0.25, 0.3) is 0 Å². The monoisotopic (exact) mass is 280 g/mol. The van der Waals surface area contributed by atoms with Crippen LogP contribution in [0.2, 0.25) is 0 Å². The number of hydrogen-bond acceptors (Lipinski definition) is 2. The first-order valence-electron chi connectivity index (χ1n) is 6.14. The number of nitrogens with zero attached hydrogens (tertiary/aromatic N) is 1. The number of likely N-dealkylation sites (N-methyl/N-ethyl adjacent to an activating group) is 1. The molecule has 2 amide bonds. The quantitative estimate of drug-likeness (QED) is 0.849. The summed E-state index contributed by atoms with van der Waals surface area (Å²) in [7, 11) is 1.65. The summed E-state index contributed by atoms with van der Waals surface area (Å²) in [5.74, 6) is -1.99. The van der Waals surface area contributed by atoms with E-state index in [0.717, 1.165) is 24.3 Å². The van der Waals surface area contributed by atoms with Gasteiger partial charge in [0.1, 0.15) is 11.6 Å². The predicted molar refractivity (Wildman–Crippen MR) is 69.6 cm³/mol. The minimum Gasteiger partial charge on any atom is -0.348 e. The normalized spacial score (nSPS) is 18.9. The molecule has 1 atom stereocenters. The van der Waals surface area contributed by atoms with Crippen LogP contribution >= 0.6 is 0 Å². The third kappa shape index (κ3) is 3.20.